The van der Waals surface area contributed by atoms with E-state index in [4.69, 9.17) is 30.8 Å². The number of nitrogens with one attached hydrogen (secondary N) is 1. The number of nitrogens with zero attached hydrogens (tertiary/aromatic N) is 8. The Bertz CT molecular complexity index is 2540. The second-order valence-corrected chi connectivity index (χ2v) is 20.1. The van der Waals surface area contributed by atoms with Gasteiger partial charge in [0.05, 0.1) is 61.5 Å². The second kappa shape index (κ2) is 18.6. The Morgan fingerprint density at radius 1 is 0.825 bits per heavy atom. The molecule has 3 saturated heterocycles. The third-order valence-corrected chi connectivity index (χ3v) is 16.1. The molecule has 5 aromatic rings. The number of anilines is 2. The highest BCUT2D eigenvalue weighted by atomic mass is 35.5. The van der Waals surface area contributed by atoms with Crippen LogP contribution in [0, 0.1) is 11.8 Å². The lowest BCUT2D eigenvalue weighted by Crippen LogP contribution is -2.50. The molecule has 0 unspecified atom stereocenters. The van der Waals surface area contributed by atoms with Crippen LogP contribution in [0.4, 0.5) is 11.5 Å². The lowest BCUT2D eigenvalue weighted by molar-refractivity contribution is -0.144. The van der Waals surface area contributed by atoms with Crippen LogP contribution < -0.4 is 10.1 Å². The van der Waals surface area contributed by atoms with Crippen molar-refractivity contribution in [3.8, 4) is 5.75 Å². The Morgan fingerprint density at radius 3 is 2.10 bits per heavy atom. The van der Waals surface area contributed by atoms with E-state index in [2.05, 4.69) is 56.1 Å². The van der Waals surface area contributed by atoms with Crippen LogP contribution in [0.25, 0.3) is 20.4 Å². The predicted octanol–water partition coefficient (Wildman–Crippen LogP) is 6.89. The summed E-state index contributed by atoms with van der Waals surface area (Å²) in [5.41, 5.74) is 5.73. The first-order valence-electron chi connectivity index (χ1n) is 22.5. The SMILES string of the molecule is C[C@H]1COCCN1C(=O)[C@H]1CCc2c(sc3ncnc(Cl)c23)C1.C[C@H]1COCCN1C(=O)[C@H]1CCc2c(sc3ncnc(Nc4cc5c(cc4OCCN4CCCC4)CN=C5)c23)C1. The summed E-state index contributed by atoms with van der Waals surface area (Å²) in [5, 5.41) is 6.20. The van der Waals surface area contributed by atoms with E-state index in [0.717, 1.165) is 101 Å². The molecule has 4 aliphatic heterocycles. The molecule has 0 spiro atoms. The summed E-state index contributed by atoms with van der Waals surface area (Å²) < 4.78 is 17.3. The first-order valence-corrected chi connectivity index (χ1v) is 24.5. The minimum Gasteiger partial charge on any atom is -0.490 e. The van der Waals surface area contributed by atoms with Crippen molar-refractivity contribution in [3.05, 3.63) is 61.9 Å². The van der Waals surface area contributed by atoms with Crippen LogP contribution >= 0.6 is 34.3 Å². The van der Waals surface area contributed by atoms with Gasteiger partial charge in [0.15, 0.2) is 0 Å². The van der Waals surface area contributed by atoms with E-state index in [1.54, 1.807) is 29.0 Å². The van der Waals surface area contributed by atoms with Gasteiger partial charge in [0.25, 0.3) is 0 Å². The molecule has 0 saturated carbocycles. The summed E-state index contributed by atoms with van der Waals surface area (Å²) in [4.78, 5) is 59.4. The summed E-state index contributed by atoms with van der Waals surface area (Å²) in [7, 11) is 0. The van der Waals surface area contributed by atoms with Crippen LogP contribution in [-0.4, -0.2) is 131 Å². The molecule has 2 aliphatic carbocycles. The van der Waals surface area contributed by atoms with Gasteiger partial charge in [-0.1, -0.05) is 11.6 Å². The van der Waals surface area contributed by atoms with Gasteiger partial charge in [-0.15, -0.1) is 22.7 Å². The van der Waals surface area contributed by atoms with Gasteiger partial charge in [0.2, 0.25) is 11.8 Å². The number of fused-ring (bicyclic) bond motifs is 7. The molecule has 6 aliphatic rings. The smallest absolute Gasteiger partial charge is 0.226 e. The van der Waals surface area contributed by atoms with Crippen molar-refractivity contribution in [1.29, 1.82) is 0 Å². The van der Waals surface area contributed by atoms with Gasteiger partial charge in [-0.05, 0) is 113 Å². The Kier molecular flexibility index (Phi) is 12.6. The van der Waals surface area contributed by atoms with Crippen LogP contribution in [-0.2, 0) is 51.3 Å². The average Bonchev–Trinajstić information content (AvgIpc) is 4.13. The third kappa shape index (κ3) is 8.78. The van der Waals surface area contributed by atoms with Gasteiger partial charge in [-0.25, -0.2) is 19.9 Å². The van der Waals surface area contributed by atoms with Gasteiger partial charge in [0.1, 0.15) is 45.6 Å². The molecule has 0 radical (unpaired) electrons. The Morgan fingerprint density at radius 2 is 1.44 bits per heavy atom. The van der Waals surface area contributed by atoms with Crippen molar-refractivity contribution in [2.24, 2.45) is 16.8 Å². The second-order valence-electron chi connectivity index (χ2n) is 17.6. The largest absolute Gasteiger partial charge is 0.490 e. The Hall–Kier alpha value is -4.32. The number of likely N-dealkylation sites (tertiary alicyclic amines) is 1. The molecule has 0 bridgehead atoms. The van der Waals surface area contributed by atoms with Crippen molar-refractivity contribution in [2.45, 2.75) is 83.8 Å². The molecule has 1 aromatic carbocycles. The normalized spacial score (nSPS) is 23.3. The first kappa shape index (κ1) is 42.6. The number of rotatable bonds is 8. The standard InChI is InChI=1S/C30H36N6O3S.C16H18ClN3O2S/c1-19-17-38-10-9-36(19)30(37)20-4-5-23-26(14-20)40-29-27(23)28(32-18-33-29)34-24-12-21-15-31-16-22(21)13-25(24)39-11-8-35-6-2-3-7-35;1-9-7-22-5-4-20(9)16(21)10-2-3-11-12(6-10)23-15-13(11)14(17)18-8-19-15/h12-13,15,18-20H,2-11,14,16-17H2,1H3,(H,32,33,34);8-10H,2-7H2,1H3/t19-,20-;9-,10-/m00/s1. The zero-order valence-electron chi connectivity index (χ0n) is 35.9. The van der Waals surface area contributed by atoms with Gasteiger partial charge >= 0.3 is 0 Å². The van der Waals surface area contributed by atoms with Gasteiger partial charge < -0.3 is 29.3 Å². The lowest BCUT2D eigenvalue weighted by atomic mass is 9.86. The van der Waals surface area contributed by atoms with Crippen molar-refractivity contribution >= 4 is 84.2 Å². The molecule has 2 amide bonds. The van der Waals surface area contributed by atoms with Crippen molar-refractivity contribution in [3.63, 3.8) is 0 Å². The fraction of sp³-hybridized carbons (Fsp3) is 0.543. The van der Waals surface area contributed by atoms with E-state index in [9.17, 15) is 9.59 Å². The molecular weight excluding hydrogens is 858 g/mol. The number of halogens is 1. The highest BCUT2D eigenvalue weighted by molar-refractivity contribution is 7.19. The molecule has 1 N–H and O–H groups in total. The van der Waals surface area contributed by atoms with Gasteiger partial charge in [0, 0.05) is 47.4 Å². The maximum Gasteiger partial charge on any atom is 0.226 e. The molecule has 4 atom stereocenters. The quantitative estimate of drug-likeness (QED) is 0.162. The fourth-order valence-corrected chi connectivity index (χ4v) is 12.9. The maximum atomic E-state index is 13.4. The number of carbonyl (C=O) groups is 2. The predicted molar refractivity (Wildman–Crippen MR) is 247 cm³/mol. The molecule has 4 aromatic heterocycles. The fourth-order valence-electron chi connectivity index (χ4n) is 10.1. The summed E-state index contributed by atoms with van der Waals surface area (Å²) in [6.45, 7) is 12.6. The van der Waals surface area contributed by atoms with Gasteiger partial charge in [-0.3, -0.25) is 19.5 Å². The number of carbonyl (C=O) groups excluding carboxylic acids is 2. The molecule has 8 heterocycles. The van der Waals surface area contributed by atoms with E-state index in [1.165, 1.54) is 45.6 Å². The number of thiophene rings is 2. The summed E-state index contributed by atoms with van der Waals surface area (Å²) in [6, 6.07) is 4.55. The van der Waals surface area contributed by atoms with Crippen LogP contribution in [0.15, 0.2) is 29.8 Å². The van der Waals surface area contributed by atoms with E-state index in [-0.39, 0.29) is 35.7 Å². The highest BCUT2D eigenvalue weighted by Gasteiger charge is 2.36. The molecule has 332 valence electrons. The summed E-state index contributed by atoms with van der Waals surface area (Å²) in [5.74, 6) is 2.23. The Balaban J connectivity index is 0.000000173. The Labute approximate surface area is 380 Å². The zero-order chi connectivity index (χ0) is 43.0. The number of benzene rings is 1. The minimum absolute atomic E-state index is 0.0112. The van der Waals surface area contributed by atoms with Crippen LogP contribution in [0.1, 0.15) is 71.5 Å². The van der Waals surface area contributed by atoms with Crippen LogP contribution in [0.5, 0.6) is 5.75 Å². The average molecular weight is 913 g/mol. The van der Waals surface area contributed by atoms with E-state index < -0.39 is 0 Å². The number of aliphatic imine (C=N–C) groups is 1. The number of amides is 2. The van der Waals surface area contributed by atoms with Crippen LogP contribution in [0.2, 0.25) is 5.15 Å². The maximum absolute atomic E-state index is 13.4. The number of aryl methyl sites for hydroxylation is 2. The molecule has 3 fully saturated rings. The molecular formula is C46H54ClN9O5S2. The molecule has 11 rings (SSSR count). The number of morpholine rings is 2. The van der Waals surface area contributed by atoms with Crippen LogP contribution in [0.3, 0.4) is 0 Å². The molecule has 14 nitrogen and oxygen atoms in total. The number of hydrogen-bond acceptors (Lipinski definition) is 14. The number of hydrogen-bond donors (Lipinski definition) is 1. The topological polar surface area (TPSA) is 148 Å². The van der Waals surface area contributed by atoms with Crippen molar-refractivity contribution in [2.75, 3.05) is 71.1 Å². The zero-order valence-corrected chi connectivity index (χ0v) is 38.3. The van der Waals surface area contributed by atoms with E-state index in [0.29, 0.717) is 57.8 Å². The number of ether oxygens (including phenoxy) is 3. The lowest BCUT2D eigenvalue weighted by Gasteiger charge is -2.36. The summed E-state index contributed by atoms with van der Waals surface area (Å²) >= 11 is 9.59. The van der Waals surface area contributed by atoms with E-state index >= 15 is 0 Å². The molecule has 17 heteroatoms. The highest BCUT2D eigenvalue weighted by Crippen LogP contribution is 2.43. The minimum atomic E-state index is 0.0112. The molecule has 63 heavy (non-hydrogen) atoms. The van der Waals surface area contributed by atoms with Crippen molar-refractivity contribution in [1.82, 2.24) is 34.6 Å². The van der Waals surface area contributed by atoms with Gasteiger partial charge in [-0.2, -0.15) is 0 Å². The summed E-state index contributed by atoms with van der Waals surface area (Å²) in [6.07, 6.45) is 12.6. The van der Waals surface area contributed by atoms with E-state index in [1.807, 2.05) is 16.0 Å². The first-order chi connectivity index (χ1) is 30.8. The third-order valence-electron chi connectivity index (χ3n) is 13.5. The van der Waals surface area contributed by atoms with Crippen molar-refractivity contribution < 1.29 is 23.8 Å². The number of aromatic nitrogens is 4. The monoisotopic (exact) mass is 911 g/mol.